The minimum absolute atomic E-state index is 0.161. The average molecular weight is 377 g/mol. The number of hydrogen-bond donors (Lipinski definition) is 0. The summed E-state index contributed by atoms with van der Waals surface area (Å²) in [5.74, 6) is 1.41. The summed E-state index contributed by atoms with van der Waals surface area (Å²) < 4.78 is 0. The zero-order valence-corrected chi connectivity index (χ0v) is 17.6. The lowest BCUT2D eigenvalue weighted by Gasteiger charge is -2.26. The number of azide groups is 1. The molecule has 0 fully saturated rings. The molecule has 0 unspecified atom stereocenters. The van der Waals surface area contributed by atoms with Crippen LogP contribution in [0.1, 0.15) is 79.1 Å². The van der Waals surface area contributed by atoms with Crippen LogP contribution in [0.15, 0.2) is 5.11 Å². The second kappa shape index (κ2) is 14.0. The van der Waals surface area contributed by atoms with Crippen LogP contribution in [-0.2, 0) is 0 Å². The molecule has 0 radical (unpaired) electrons. The van der Waals surface area contributed by atoms with Crippen LogP contribution in [0.4, 0.5) is 17.8 Å². The van der Waals surface area contributed by atoms with Crippen molar-refractivity contribution in [2.24, 2.45) is 5.11 Å². The maximum Gasteiger partial charge on any atom is 0.230 e. The predicted octanol–water partition coefficient (Wildman–Crippen LogP) is 5.63. The van der Waals surface area contributed by atoms with Gasteiger partial charge < -0.3 is 9.80 Å². The second-order valence-electron chi connectivity index (χ2n) is 6.81. The van der Waals surface area contributed by atoms with E-state index in [0.717, 1.165) is 77.5 Å². The molecule has 0 saturated carbocycles. The summed E-state index contributed by atoms with van der Waals surface area (Å²) >= 11 is 0. The van der Waals surface area contributed by atoms with Crippen LogP contribution in [0, 0.1) is 0 Å². The van der Waals surface area contributed by atoms with Crippen molar-refractivity contribution >= 4 is 17.8 Å². The molecule has 0 aliphatic carbocycles. The molecule has 0 bridgehead atoms. The Bertz CT molecular complexity index is 517. The SMILES string of the molecule is CCCCN(CCCC)c1nc(N=[N+]=[N-])nc(N(CCCC)CCCC)n1. The molecule has 152 valence electrons. The Morgan fingerprint density at radius 1 is 0.704 bits per heavy atom. The quantitative estimate of drug-likeness (QED) is 0.225. The van der Waals surface area contributed by atoms with E-state index >= 15 is 0 Å². The molecular formula is C19H36N8. The summed E-state index contributed by atoms with van der Waals surface area (Å²) in [6.45, 7) is 12.3. The van der Waals surface area contributed by atoms with E-state index in [0.29, 0.717) is 11.9 Å². The first-order valence-corrected chi connectivity index (χ1v) is 10.5. The van der Waals surface area contributed by atoms with Crippen molar-refractivity contribution in [1.29, 1.82) is 0 Å². The summed E-state index contributed by atoms with van der Waals surface area (Å²) in [4.78, 5) is 20.9. The highest BCUT2D eigenvalue weighted by Gasteiger charge is 2.16. The maximum atomic E-state index is 8.88. The number of hydrogen-bond acceptors (Lipinski definition) is 6. The number of nitrogens with zero attached hydrogens (tertiary/aromatic N) is 8. The van der Waals surface area contributed by atoms with Gasteiger partial charge in [-0.1, -0.05) is 53.4 Å². The van der Waals surface area contributed by atoms with Crippen molar-refractivity contribution in [1.82, 2.24) is 15.0 Å². The predicted molar refractivity (Wildman–Crippen MR) is 113 cm³/mol. The van der Waals surface area contributed by atoms with Gasteiger partial charge in [-0.05, 0) is 36.3 Å². The van der Waals surface area contributed by atoms with Crippen LogP contribution in [0.3, 0.4) is 0 Å². The molecule has 1 aromatic rings. The molecule has 0 N–H and O–H groups in total. The Morgan fingerprint density at radius 3 is 1.37 bits per heavy atom. The van der Waals surface area contributed by atoms with E-state index in [1.165, 1.54) is 0 Å². The van der Waals surface area contributed by atoms with Crippen molar-refractivity contribution in [3.8, 4) is 0 Å². The number of aromatic nitrogens is 3. The lowest BCUT2D eigenvalue weighted by molar-refractivity contribution is 0.645. The third kappa shape index (κ3) is 8.43. The van der Waals surface area contributed by atoms with E-state index in [9.17, 15) is 0 Å². The van der Waals surface area contributed by atoms with Crippen LogP contribution in [-0.4, -0.2) is 41.1 Å². The van der Waals surface area contributed by atoms with Crippen molar-refractivity contribution < 1.29 is 0 Å². The normalized spacial score (nSPS) is 10.5. The van der Waals surface area contributed by atoms with Gasteiger partial charge in [0.05, 0.1) is 0 Å². The Hall–Kier alpha value is -2.08. The summed E-state index contributed by atoms with van der Waals surface area (Å²) in [6.07, 6.45) is 8.78. The van der Waals surface area contributed by atoms with Crippen LogP contribution in [0.2, 0.25) is 0 Å². The Labute approximate surface area is 164 Å². The average Bonchev–Trinajstić information content (AvgIpc) is 2.68. The smallest absolute Gasteiger partial charge is 0.230 e. The van der Waals surface area contributed by atoms with Crippen LogP contribution in [0.25, 0.3) is 10.4 Å². The van der Waals surface area contributed by atoms with Crippen LogP contribution >= 0.6 is 0 Å². The molecule has 27 heavy (non-hydrogen) atoms. The third-order valence-corrected chi connectivity index (χ3v) is 4.43. The van der Waals surface area contributed by atoms with Gasteiger partial charge in [0.2, 0.25) is 17.8 Å². The maximum absolute atomic E-state index is 8.88. The Morgan fingerprint density at radius 2 is 1.07 bits per heavy atom. The highest BCUT2D eigenvalue weighted by Crippen LogP contribution is 2.20. The molecule has 8 heteroatoms. The molecular weight excluding hydrogens is 340 g/mol. The first-order chi connectivity index (χ1) is 13.2. The van der Waals surface area contributed by atoms with Gasteiger partial charge in [0.25, 0.3) is 0 Å². The van der Waals surface area contributed by atoms with Gasteiger partial charge >= 0.3 is 0 Å². The van der Waals surface area contributed by atoms with Crippen molar-refractivity contribution in [2.75, 3.05) is 36.0 Å². The standard InChI is InChI=1S/C19H36N8/c1-5-9-13-26(14-10-6-2)18-21-17(24-25-20)22-19(23-18)27(15-11-7-3)16-12-8-4/h5-16H2,1-4H3. The van der Waals surface area contributed by atoms with Gasteiger partial charge in [-0.3, -0.25) is 0 Å². The number of unbranched alkanes of at least 4 members (excludes halogenated alkanes) is 4. The lowest BCUT2D eigenvalue weighted by atomic mass is 10.2. The van der Waals surface area contributed by atoms with E-state index in [2.05, 4.69) is 57.5 Å². The second-order valence-corrected chi connectivity index (χ2v) is 6.81. The minimum Gasteiger partial charge on any atom is -0.341 e. The zero-order valence-electron chi connectivity index (χ0n) is 17.6. The van der Waals surface area contributed by atoms with Gasteiger partial charge in [-0.2, -0.15) is 15.0 Å². The molecule has 0 spiro atoms. The molecule has 0 aliphatic rings. The van der Waals surface area contributed by atoms with Crippen molar-refractivity contribution in [3.05, 3.63) is 10.4 Å². The fourth-order valence-corrected chi connectivity index (χ4v) is 2.73. The van der Waals surface area contributed by atoms with Gasteiger partial charge in [0.1, 0.15) is 0 Å². The number of anilines is 2. The van der Waals surface area contributed by atoms with Gasteiger partial charge in [0.15, 0.2) is 0 Å². The van der Waals surface area contributed by atoms with Gasteiger partial charge in [0, 0.05) is 31.1 Å². The largest absolute Gasteiger partial charge is 0.341 e. The van der Waals surface area contributed by atoms with Crippen molar-refractivity contribution in [3.63, 3.8) is 0 Å². The van der Waals surface area contributed by atoms with E-state index in [1.807, 2.05) is 0 Å². The van der Waals surface area contributed by atoms with Crippen LogP contribution < -0.4 is 9.80 Å². The molecule has 0 aromatic carbocycles. The molecule has 1 heterocycles. The van der Waals surface area contributed by atoms with E-state index in [4.69, 9.17) is 10.5 Å². The zero-order chi connectivity index (χ0) is 19.9. The summed E-state index contributed by atoms with van der Waals surface area (Å²) in [7, 11) is 0. The van der Waals surface area contributed by atoms with E-state index in [1.54, 1.807) is 0 Å². The van der Waals surface area contributed by atoms with E-state index in [-0.39, 0.29) is 5.95 Å². The molecule has 8 nitrogen and oxygen atoms in total. The highest BCUT2D eigenvalue weighted by atomic mass is 15.4. The first-order valence-electron chi connectivity index (χ1n) is 10.5. The van der Waals surface area contributed by atoms with Gasteiger partial charge in [-0.15, -0.1) is 0 Å². The first kappa shape index (κ1) is 23.0. The lowest BCUT2D eigenvalue weighted by Crippen LogP contribution is -2.31. The fraction of sp³-hybridized carbons (Fsp3) is 0.842. The Kier molecular flexibility index (Phi) is 11.9. The number of rotatable bonds is 15. The summed E-state index contributed by atoms with van der Waals surface area (Å²) in [6, 6.07) is 0. The molecule has 0 aliphatic heterocycles. The fourth-order valence-electron chi connectivity index (χ4n) is 2.73. The summed E-state index contributed by atoms with van der Waals surface area (Å²) in [5.41, 5.74) is 8.88. The topological polar surface area (TPSA) is 93.9 Å². The molecule has 0 atom stereocenters. The molecule has 0 saturated heterocycles. The molecule has 0 amide bonds. The Balaban J connectivity index is 3.22. The third-order valence-electron chi connectivity index (χ3n) is 4.43. The van der Waals surface area contributed by atoms with Crippen LogP contribution in [0.5, 0.6) is 0 Å². The van der Waals surface area contributed by atoms with E-state index < -0.39 is 0 Å². The van der Waals surface area contributed by atoms with Gasteiger partial charge in [-0.25, -0.2) is 0 Å². The molecule has 1 rings (SSSR count). The minimum atomic E-state index is 0.161. The monoisotopic (exact) mass is 376 g/mol. The highest BCUT2D eigenvalue weighted by molar-refractivity contribution is 5.43. The molecule has 1 aromatic heterocycles. The van der Waals surface area contributed by atoms with Crippen molar-refractivity contribution in [2.45, 2.75) is 79.1 Å². The summed E-state index contributed by atoms with van der Waals surface area (Å²) in [5, 5.41) is 3.68.